The number of ether oxygens (including phenoxy) is 1. The highest BCUT2D eigenvalue weighted by molar-refractivity contribution is 7.13. The number of hydrogen-bond donors (Lipinski definition) is 2. The topological polar surface area (TPSA) is 217 Å². The number of carbonyl (C=O) groups is 3. The van der Waals surface area contributed by atoms with Gasteiger partial charge in [-0.15, -0.1) is 22.7 Å². The number of nitrogens with one attached hydrogen (secondary N) is 2. The lowest BCUT2D eigenvalue weighted by Crippen LogP contribution is -2.34. The summed E-state index contributed by atoms with van der Waals surface area (Å²) in [6.45, 7) is 5.17. The van der Waals surface area contributed by atoms with Gasteiger partial charge < -0.3 is 24.4 Å². The molecule has 0 atom stereocenters. The number of nitrogens with zero attached hydrogens (tertiary/aromatic N) is 9. The molecular formula is C50H41F8N11O6S2. The molecule has 400 valence electrons. The molecule has 2 aromatic carbocycles. The van der Waals surface area contributed by atoms with Gasteiger partial charge in [-0.05, 0) is 80.8 Å². The standard InChI is InChI=1S/C27H24F4N6O4S.C23H17F4N5O2S/c1-25(2,3)40-24(39)37(23-32-8-9-42-23)22-33-13-17(14-34-22)15-4-5-16(18(28)10-15)11-21(38)35-20-12-19(41-36-20)26(6-7-26)27(29,30)31;24-16-7-13(15-11-29-18(30-12-15)10-21-28-5-6-35-21)1-2-14(16)8-20(33)31-19-9-17(34-32-19)22(3-4-22)23(25,26)27/h4-5,8-10,12-14H,6-7,11H2,1-3H3,(H,35,36,38);1-2,5-7,9,11-12H,3-4,8,10H2,(H,31,32,33). The average Bonchev–Trinajstić information content (AvgIpc) is 4.10. The molecule has 2 fully saturated rings. The molecule has 0 radical (unpaired) electrons. The van der Waals surface area contributed by atoms with E-state index in [4.69, 9.17) is 13.8 Å². The molecule has 2 saturated carbocycles. The molecule has 2 N–H and O–H groups in total. The Bertz CT molecular complexity index is 3390. The Morgan fingerprint density at radius 3 is 1.51 bits per heavy atom. The van der Waals surface area contributed by atoms with Crippen molar-refractivity contribution in [1.82, 2.24) is 40.2 Å². The normalized spacial score (nSPS) is 14.5. The van der Waals surface area contributed by atoms with E-state index >= 15 is 0 Å². The summed E-state index contributed by atoms with van der Waals surface area (Å²) in [6, 6.07) is 10.6. The molecule has 3 amide bonds. The Morgan fingerprint density at radius 1 is 0.636 bits per heavy atom. The van der Waals surface area contributed by atoms with Crippen LogP contribution in [0.2, 0.25) is 0 Å². The fourth-order valence-electron chi connectivity index (χ4n) is 7.70. The quantitative estimate of drug-likeness (QED) is 0.0969. The van der Waals surface area contributed by atoms with Gasteiger partial charge in [0, 0.05) is 71.2 Å². The summed E-state index contributed by atoms with van der Waals surface area (Å²) in [5.41, 5.74) is -2.72. The van der Waals surface area contributed by atoms with E-state index in [1.807, 2.05) is 5.38 Å². The van der Waals surface area contributed by atoms with Crippen LogP contribution in [0, 0.1) is 11.6 Å². The summed E-state index contributed by atoms with van der Waals surface area (Å²) in [6.07, 6.45) is -1.05. The van der Waals surface area contributed by atoms with Gasteiger partial charge in [-0.1, -0.05) is 34.6 Å². The number of amides is 3. The number of halogens is 8. The highest BCUT2D eigenvalue weighted by Gasteiger charge is 2.67. The zero-order chi connectivity index (χ0) is 54.9. The molecule has 0 saturated heterocycles. The smallest absolute Gasteiger partial charge is 0.423 e. The number of anilines is 4. The van der Waals surface area contributed by atoms with Gasteiger partial charge in [0.1, 0.15) is 38.9 Å². The number of aromatic nitrogens is 8. The Morgan fingerprint density at radius 2 is 1.10 bits per heavy atom. The average molecular weight is 1110 g/mol. The zero-order valence-electron chi connectivity index (χ0n) is 40.5. The molecule has 10 rings (SSSR count). The van der Waals surface area contributed by atoms with Crippen molar-refractivity contribution >= 4 is 63.3 Å². The van der Waals surface area contributed by atoms with Crippen LogP contribution < -0.4 is 15.5 Å². The Balaban J connectivity index is 0.000000191. The first-order valence-electron chi connectivity index (χ1n) is 23.2. The van der Waals surface area contributed by atoms with Crippen LogP contribution in [0.15, 0.2) is 106 Å². The van der Waals surface area contributed by atoms with Crippen LogP contribution >= 0.6 is 22.7 Å². The number of carbonyl (C=O) groups excluding carboxylic acids is 3. The SMILES string of the molecule is CC(C)(C)OC(=O)N(c1ncc(-c2ccc(CC(=O)Nc3cc(C4(C(F)(F)F)CC4)on3)c(F)c2)cn1)c1nccs1.O=C(Cc1ccc(-c2cnc(Cc3nccs3)nc2)cc1F)Nc1cc(C2(C(F)(F)F)CC2)on1. The van der Waals surface area contributed by atoms with Crippen LogP contribution in [0.25, 0.3) is 22.3 Å². The maximum absolute atomic E-state index is 14.9. The van der Waals surface area contributed by atoms with Gasteiger partial charge >= 0.3 is 18.4 Å². The minimum absolute atomic E-state index is 0.00978. The number of hydrogen-bond acceptors (Lipinski definition) is 16. The van der Waals surface area contributed by atoms with Crippen LogP contribution in [-0.2, 0) is 44.4 Å². The summed E-state index contributed by atoms with van der Waals surface area (Å²) in [5, 5.41) is 16.5. The van der Waals surface area contributed by atoms with Crippen molar-refractivity contribution in [2.45, 2.75) is 94.5 Å². The van der Waals surface area contributed by atoms with Gasteiger partial charge in [-0.25, -0.2) is 43.5 Å². The number of thiazole rings is 2. The highest BCUT2D eigenvalue weighted by atomic mass is 32.1. The lowest BCUT2D eigenvalue weighted by molar-refractivity contribution is -0.166. The molecule has 27 heteroatoms. The van der Waals surface area contributed by atoms with Gasteiger partial charge in [0.05, 0.1) is 19.3 Å². The van der Waals surface area contributed by atoms with E-state index in [0.29, 0.717) is 39.6 Å². The molecule has 0 spiro atoms. The minimum Gasteiger partial charge on any atom is -0.443 e. The van der Waals surface area contributed by atoms with E-state index in [9.17, 15) is 49.5 Å². The fourth-order valence-corrected chi connectivity index (χ4v) is 8.94. The summed E-state index contributed by atoms with van der Waals surface area (Å²) in [4.78, 5) is 64.2. The Hall–Kier alpha value is -8.07. The molecule has 0 bridgehead atoms. The van der Waals surface area contributed by atoms with Crippen molar-refractivity contribution < 1.29 is 63.3 Å². The second-order valence-electron chi connectivity index (χ2n) is 18.8. The van der Waals surface area contributed by atoms with Gasteiger partial charge in [-0.3, -0.25) is 9.59 Å². The fraction of sp³-hybridized carbons (Fsp3) is 0.300. The Labute approximate surface area is 439 Å². The number of alkyl halides is 6. The van der Waals surface area contributed by atoms with Crippen LogP contribution in [0.3, 0.4) is 0 Å². The van der Waals surface area contributed by atoms with E-state index < -0.39 is 64.7 Å². The third-order valence-corrected chi connectivity index (χ3v) is 13.6. The summed E-state index contributed by atoms with van der Waals surface area (Å²) in [7, 11) is 0. The second-order valence-corrected chi connectivity index (χ2v) is 20.6. The van der Waals surface area contributed by atoms with E-state index in [1.165, 1.54) is 65.5 Å². The summed E-state index contributed by atoms with van der Waals surface area (Å²) in [5.74, 6) is -3.05. The summed E-state index contributed by atoms with van der Waals surface area (Å²) >= 11 is 2.70. The first kappa shape index (κ1) is 53.7. The summed E-state index contributed by atoms with van der Waals surface area (Å²) < 4.78 is 124. The predicted molar refractivity (Wildman–Crippen MR) is 262 cm³/mol. The van der Waals surface area contributed by atoms with Crippen LogP contribution in [0.1, 0.15) is 79.9 Å². The monoisotopic (exact) mass is 1110 g/mol. The van der Waals surface area contributed by atoms with Crippen molar-refractivity contribution in [3.05, 3.63) is 142 Å². The van der Waals surface area contributed by atoms with E-state index in [2.05, 4.69) is 50.9 Å². The molecule has 77 heavy (non-hydrogen) atoms. The predicted octanol–water partition coefficient (Wildman–Crippen LogP) is 11.7. The van der Waals surface area contributed by atoms with E-state index in [1.54, 1.807) is 56.9 Å². The van der Waals surface area contributed by atoms with Crippen LogP contribution in [-0.4, -0.2) is 76.1 Å². The van der Waals surface area contributed by atoms with Crippen LogP contribution in [0.4, 0.5) is 62.6 Å². The first-order chi connectivity index (χ1) is 36.5. The molecule has 0 aliphatic heterocycles. The van der Waals surface area contributed by atoms with Gasteiger partial charge in [0.15, 0.2) is 23.2 Å². The third-order valence-electron chi connectivity index (χ3n) is 12.1. The molecular weight excluding hydrogens is 1070 g/mol. The minimum atomic E-state index is -4.48. The van der Waals surface area contributed by atoms with Crippen LogP contribution in [0.5, 0.6) is 0 Å². The molecule has 2 aliphatic rings. The Kier molecular flexibility index (Phi) is 14.8. The lowest BCUT2D eigenvalue weighted by atomic mass is 10.0. The van der Waals surface area contributed by atoms with E-state index in [0.717, 1.165) is 22.0 Å². The van der Waals surface area contributed by atoms with Gasteiger partial charge in [0.2, 0.25) is 22.9 Å². The van der Waals surface area contributed by atoms with Gasteiger partial charge in [0.25, 0.3) is 0 Å². The molecule has 6 heterocycles. The maximum Gasteiger partial charge on any atom is 0.423 e. The largest absolute Gasteiger partial charge is 0.443 e. The first-order valence-corrected chi connectivity index (χ1v) is 24.9. The highest BCUT2D eigenvalue weighted by Crippen LogP contribution is 2.60. The van der Waals surface area contributed by atoms with Crippen molar-refractivity contribution in [3.8, 4) is 22.3 Å². The van der Waals surface area contributed by atoms with E-state index in [-0.39, 0.29) is 72.3 Å². The van der Waals surface area contributed by atoms with Gasteiger partial charge in [-0.2, -0.15) is 31.2 Å². The molecule has 0 unspecified atom stereocenters. The van der Waals surface area contributed by atoms with Crippen molar-refractivity contribution in [2.75, 3.05) is 15.5 Å². The molecule has 8 aromatic rings. The molecule has 2 aliphatic carbocycles. The maximum atomic E-state index is 14.9. The second kappa shape index (κ2) is 21.2. The van der Waals surface area contributed by atoms with Crippen molar-refractivity contribution in [2.24, 2.45) is 0 Å². The third kappa shape index (κ3) is 12.3. The van der Waals surface area contributed by atoms with Crippen molar-refractivity contribution in [3.63, 3.8) is 0 Å². The van der Waals surface area contributed by atoms with Crippen molar-refractivity contribution in [1.29, 1.82) is 0 Å². The lowest BCUT2D eigenvalue weighted by Gasteiger charge is -2.24. The molecule has 6 aromatic heterocycles. The number of benzene rings is 2. The number of rotatable bonds is 14. The zero-order valence-corrected chi connectivity index (χ0v) is 42.1. The molecule has 17 nitrogen and oxygen atoms in total.